The predicted molar refractivity (Wildman–Crippen MR) is 82.6 cm³/mol. The highest BCUT2D eigenvalue weighted by atomic mass is 16.6. The van der Waals surface area contributed by atoms with Crippen LogP contribution in [-0.4, -0.2) is 5.97 Å². The molecule has 0 aliphatic rings. The van der Waals surface area contributed by atoms with Crippen LogP contribution >= 0.6 is 0 Å². The zero-order valence-corrected chi connectivity index (χ0v) is 12.7. The van der Waals surface area contributed by atoms with E-state index in [4.69, 9.17) is 9.47 Å². The molecule has 0 N–H and O–H groups in total. The summed E-state index contributed by atoms with van der Waals surface area (Å²) < 4.78 is 11.3. The molecule has 0 unspecified atom stereocenters. The molecule has 2 aromatic carbocycles. The Labute approximate surface area is 125 Å². The lowest BCUT2D eigenvalue weighted by atomic mass is 10.1. The Balaban J connectivity index is 2.22. The first kappa shape index (κ1) is 15.1. The molecule has 0 amide bonds. The van der Waals surface area contributed by atoms with Gasteiger partial charge in [-0.15, -0.1) is 0 Å². The van der Waals surface area contributed by atoms with Crippen molar-refractivity contribution in [3.05, 3.63) is 59.2 Å². The molecule has 3 nitrogen and oxygen atoms in total. The van der Waals surface area contributed by atoms with Crippen LogP contribution in [0.1, 0.15) is 30.0 Å². The maximum atomic E-state index is 11.6. The molecule has 0 bridgehead atoms. The van der Waals surface area contributed by atoms with Gasteiger partial charge in [0, 0.05) is 6.42 Å². The standard InChI is InChI=1S/C18H20O3/c1-4-17(19)21-16-11-13(2)10-14(3)18(16)20-12-15-8-6-5-7-9-15/h5-11H,4,12H2,1-3H3. The number of carbonyl (C=O) groups is 1. The number of esters is 1. The lowest BCUT2D eigenvalue weighted by Crippen LogP contribution is -2.08. The molecule has 2 rings (SSSR count). The van der Waals surface area contributed by atoms with Crippen molar-refractivity contribution in [2.24, 2.45) is 0 Å². The fraction of sp³-hybridized carbons (Fsp3) is 0.278. The Hall–Kier alpha value is -2.29. The van der Waals surface area contributed by atoms with Gasteiger partial charge in [-0.25, -0.2) is 0 Å². The first-order chi connectivity index (χ1) is 10.1. The summed E-state index contributed by atoms with van der Waals surface area (Å²) in [7, 11) is 0. The van der Waals surface area contributed by atoms with Gasteiger partial charge in [0.15, 0.2) is 11.5 Å². The molecule has 3 heteroatoms. The number of ether oxygens (including phenoxy) is 2. The molecule has 110 valence electrons. The molecule has 0 saturated carbocycles. The molecule has 0 aliphatic heterocycles. The summed E-state index contributed by atoms with van der Waals surface area (Å²) in [5.41, 5.74) is 3.08. The molecule has 0 radical (unpaired) electrons. The van der Waals surface area contributed by atoms with E-state index in [1.54, 1.807) is 6.92 Å². The van der Waals surface area contributed by atoms with Gasteiger partial charge in [0.1, 0.15) is 6.61 Å². The van der Waals surface area contributed by atoms with Crippen molar-refractivity contribution in [1.82, 2.24) is 0 Å². The number of aryl methyl sites for hydroxylation is 2. The van der Waals surface area contributed by atoms with Gasteiger partial charge in [-0.1, -0.05) is 43.3 Å². The van der Waals surface area contributed by atoms with E-state index in [1.807, 2.05) is 56.3 Å². The molecule has 0 saturated heterocycles. The number of benzene rings is 2. The lowest BCUT2D eigenvalue weighted by Gasteiger charge is -2.15. The second-order valence-corrected chi connectivity index (χ2v) is 5.01. The summed E-state index contributed by atoms with van der Waals surface area (Å²) in [5.74, 6) is 0.867. The second kappa shape index (κ2) is 6.93. The zero-order valence-electron chi connectivity index (χ0n) is 12.7. The summed E-state index contributed by atoms with van der Waals surface area (Å²) in [4.78, 5) is 11.6. The first-order valence-corrected chi connectivity index (χ1v) is 7.08. The highest BCUT2D eigenvalue weighted by Gasteiger charge is 2.13. The molecule has 0 aromatic heterocycles. The molecule has 21 heavy (non-hydrogen) atoms. The minimum Gasteiger partial charge on any atom is -0.485 e. The maximum absolute atomic E-state index is 11.6. The van der Waals surface area contributed by atoms with Crippen LogP contribution in [0.2, 0.25) is 0 Å². The quantitative estimate of drug-likeness (QED) is 0.610. The smallest absolute Gasteiger partial charge is 0.311 e. The number of carbonyl (C=O) groups excluding carboxylic acids is 1. The molecule has 0 heterocycles. The summed E-state index contributed by atoms with van der Waals surface area (Å²) in [6.45, 7) is 6.14. The Morgan fingerprint density at radius 3 is 2.48 bits per heavy atom. The molecule has 0 spiro atoms. The summed E-state index contributed by atoms with van der Waals surface area (Å²) in [5, 5.41) is 0. The Bertz CT molecular complexity index is 618. The maximum Gasteiger partial charge on any atom is 0.311 e. The van der Waals surface area contributed by atoms with Crippen molar-refractivity contribution in [2.45, 2.75) is 33.8 Å². The fourth-order valence-electron chi connectivity index (χ4n) is 2.10. The van der Waals surface area contributed by atoms with Crippen LogP contribution in [0.25, 0.3) is 0 Å². The highest BCUT2D eigenvalue weighted by Crippen LogP contribution is 2.33. The van der Waals surface area contributed by atoms with Gasteiger partial charge in [0.05, 0.1) is 0 Å². The van der Waals surface area contributed by atoms with E-state index in [1.165, 1.54) is 0 Å². The minimum atomic E-state index is -0.260. The molecule has 0 aliphatic carbocycles. The topological polar surface area (TPSA) is 35.5 Å². The van der Waals surface area contributed by atoms with Crippen molar-refractivity contribution < 1.29 is 14.3 Å². The number of hydrogen-bond donors (Lipinski definition) is 0. The second-order valence-electron chi connectivity index (χ2n) is 5.01. The van der Waals surface area contributed by atoms with Crippen LogP contribution in [0.3, 0.4) is 0 Å². The van der Waals surface area contributed by atoms with Gasteiger partial charge in [0.2, 0.25) is 0 Å². The van der Waals surface area contributed by atoms with Crippen molar-refractivity contribution >= 4 is 5.97 Å². The molecule has 0 atom stereocenters. The van der Waals surface area contributed by atoms with E-state index in [2.05, 4.69) is 0 Å². The predicted octanol–water partition coefficient (Wildman–Crippen LogP) is 4.20. The van der Waals surface area contributed by atoms with E-state index in [-0.39, 0.29) is 5.97 Å². The van der Waals surface area contributed by atoms with Gasteiger partial charge in [-0.05, 0) is 36.6 Å². The molecular weight excluding hydrogens is 264 g/mol. The van der Waals surface area contributed by atoms with Crippen LogP contribution < -0.4 is 9.47 Å². The average molecular weight is 284 g/mol. The van der Waals surface area contributed by atoms with E-state index in [0.717, 1.165) is 16.7 Å². The zero-order chi connectivity index (χ0) is 15.2. The normalized spacial score (nSPS) is 10.2. The van der Waals surface area contributed by atoms with Gasteiger partial charge in [-0.3, -0.25) is 4.79 Å². The van der Waals surface area contributed by atoms with Crippen molar-refractivity contribution in [3.63, 3.8) is 0 Å². The van der Waals surface area contributed by atoms with Gasteiger partial charge in [-0.2, -0.15) is 0 Å². The Morgan fingerprint density at radius 2 is 1.81 bits per heavy atom. The monoisotopic (exact) mass is 284 g/mol. The van der Waals surface area contributed by atoms with Crippen LogP contribution in [0.15, 0.2) is 42.5 Å². The third-order valence-electron chi connectivity index (χ3n) is 3.12. The molecular formula is C18H20O3. The van der Waals surface area contributed by atoms with Crippen molar-refractivity contribution in [1.29, 1.82) is 0 Å². The van der Waals surface area contributed by atoms with Crippen LogP contribution in [0.5, 0.6) is 11.5 Å². The molecule has 2 aromatic rings. The number of hydrogen-bond acceptors (Lipinski definition) is 3. The van der Waals surface area contributed by atoms with Crippen molar-refractivity contribution in [3.8, 4) is 11.5 Å². The van der Waals surface area contributed by atoms with E-state index in [9.17, 15) is 4.79 Å². The fourth-order valence-corrected chi connectivity index (χ4v) is 2.10. The third-order valence-corrected chi connectivity index (χ3v) is 3.12. The highest BCUT2D eigenvalue weighted by molar-refractivity contribution is 5.73. The SMILES string of the molecule is CCC(=O)Oc1cc(C)cc(C)c1OCc1ccccc1. The largest absolute Gasteiger partial charge is 0.485 e. The van der Waals surface area contributed by atoms with Crippen LogP contribution in [0.4, 0.5) is 0 Å². The molecule has 0 fully saturated rings. The summed E-state index contributed by atoms with van der Waals surface area (Å²) in [6.07, 6.45) is 0.338. The first-order valence-electron chi connectivity index (χ1n) is 7.08. The van der Waals surface area contributed by atoms with E-state index in [0.29, 0.717) is 24.5 Å². The third kappa shape index (κ3) is 4.09. The van der Waals surface area contributed by atoms with E-state index < -0.39 is 0 Å². The van der Waals surface area contributed by atoms with Gasteiger partial charge < -0.3 is 9.47 Å². The van der Waals surface area contributed by atoms with Gasteiger partial charge in [0.25, 0.3) is 0 Å². The number of rotatable bonds is 5. The summed E-state index contributed by atoms with van der Waals surface area (Å²) in [6, 6.07) is 13.8. The average Bonchev–Trinajstić information content (AvgIpc) is 2.47. The Kier molecular flexibility index (Phi) is 4.99. The Morgan fingerprint density at radius 1 is 1.10 bits per heavy atom. The van der Waals surface area contributed by atoms with Crippen molar-refractivity contribution in [2.75, 3.05) is 0 Å². The summed E-state index contributed by atoms with van der Waals surface area (Å²) >= 11 is 0. The van der Waals surface area contributed by atoms with Gasteiger partial charge >= 0.3 is 5.97 Å². The van der Waals surface area contributed by atoms with Crippen LogP contribution in [-0.2, 0) is 11.4 Å². The van der Waals surface area contributed by atoms with E-state index >= 15 is 0 Å². The van der Waals surface area contributed by atoms with Crippen LogP contribution in [0, 0.1) is 13.8 Å². The minimum absolute atomic E-state index is 0.260. The lowest BCUT2D eigenvalue weighted by molar-refractivity contribution is -0.134.